The van der Waals surface area contributed by atoms with Crippen LogP contribution in [-0.2, 0) is 4.79 Å². The molecule has 0 saturated heterocycles. The minimum Gasteiger partial charge on any atom is -0.476 e. The van der Waals surface area contributed by atoms with Gasteiger partial charge in [0, 0.05) is 31.4 Å². The molecule has 0 spiro atoms. The lowest BCUT2D eigenvalue weighted by Crippen LogP contribution is -2.39. The van der Waals surface area contributed by atoms with Crippen LogP contribution in [-0.4, -0.2) is 49.9 Å². The molecule has 3 rings (SSSR count). The van der Waals surface area contributed by atoms with E-state index in [2.05, 4.69) is 6.92 Å². The first-order valence-corrected chi connectivity index (χ1v) is 13.7. The van der Waals surface area contributed by atoms with Crippen LogP contribution >= 0.6 is 22.5 Å². The van der Waals surface area contributed by atoms with Gasteiger partial charge in [0.15, 0.2) is 0 Å². The Kier molecular flexibility index (Phi) is 9.05. The number of carboxylic acid groups (broad SMARTS) is 1. The van der Waals surface area contributed by atoms with Crippen LogP contribution in [0.5, 0.6) is 5.75 Å². The normalized spacial score (nSPS) is 19.1. The van der Waals surface area contributed by atoms with E-state index in [1.165, 1.54) is 30.0 Å². The van der Waals surface area contributed by atoms with Gasteiger partial charge in [0.1, 0.15) is 22.7 Å². The molecule has 1 aliphatic rings. The average Bonchev–Trinajstić information content (AvgIpc) is 2.90. The summed E-state index contributed by atoms with van der Waals surface area (Å²) in [6.45, 7) is 4.39. The number of hydrogen-bond acceptors (Lipinski definition) is 7. The topological polar surface area (TPSA) is 93.5 Å². The van der Waals surface area contributed by atoms with Gasteiger partial charge in [-0.2, -0.15) is 4.39 Å². The Morgan fingerprint density at radius 3 is 2.54 bits per heavy atom. The highest BCUT2D eigenvalue weighted by Crippen LogP contribution is 2.60. The summed E-state index contributed by atoms with van der Waals surface area (Å²) in [5, 5.41) is 8.82. The van der Waals surface area contributed by atoms with E-state index in [-0.39, 0.29) is 22.5 Å². The molecule has 3 N–H and O–H groups in total. The second-order valence-corrected chi connectivity index (χ2v) is 11.4. The largest absolute Gasteiger partial charge is 0.476 e. The van der Waals surface area contributed by atoms with Crippen molar-refractivity contribution in [1.29, 1.82) is 0 Å². The Bertz CT molecular complexity index is 1080. The first-order valence-electron chi connectivity index (χ1n) is 11.2. The van der Waals surface area contributed by atoms with Crippen molar-refractivity contribution in [1.82, 2.24) is 4.31 Å². The molecule has 0 fully saturated rings. The van der Waals surface area contributed by atoms with E-state index in [1.54, 1.807) is 29.6 Å². The molecular weight excluding hydrogens is 498 g/mol. The third kappa shape index (κ3) is 6.10. The molecule has 0 amide bonds. The van der Waals surface area contributed by atoms with Crippen molar-refractivity contribution < 1.29 is 32.5 Å². The summed E-state index contributed by atoms with van der Waals surface area (Å²) in [6, 6.07) is 8.88. The number of ether oxygens (including phenoxy) is 1. The van der Waals surface area contributed by atoms with Crippen molar-refractivity contribution in [2.75, 3.05) is 24.2 Å². The Hall–Kier alpha value is -2.31. The summed E-state index contributed by atoms with van der Waals surface area (Å²) >= 11 is 1.38. The number of fused-ring (bicyclic) bond motifs is 1. The van der Waals surface area contributed by atoms with Gasteiger partial charge in [0.25, 0.3) is 0 Å². The number of thioether (sulfide) groups is 1. The fourth-order valence-electron chi connectivity index (χ4n) is 3.85. The number of carbonyl (C=O) groups is 1. The zero-order chi connectivity index (χ0) is 25.8. The maximum Gasteiger partial charge on any atom is 0.368 e. The quantitative estimate of drug-likeness (QED) is 0.184. The summed E-state index contributed by atoms with van der Waals surface area (Å²) in [5.41, 5.74) is 1.19. The van der Waals surface area contributed by atoms with E-state index in [0.717, 1.165) is 12.8 Å². The monoisotopic (exact) mass is 528 g/mol. The molecular formula is C24H30F2N2O5S2. The summed E-state index contributed by atoms with van der Waals surface area (Å²) in [5.74, 6) is -2.90. The maximum absolute atomic E-state index is 13.7. The first-order chi connectivity index (χ1) is 16.6. The summed E-state index contributed by atoms with van der Waals surface area (Å²) in [7, 11) is -1.85. The lowest BCUT2D eigenvalue weighted by molar-refractivity contribution is -0.134. The van der Waals surface area contributed by atoms with E-state index in [1.807, 2.05) is 11.8 Å². The molecule has 7 nitrogen and oxygen atoms in total. The molecule has 0 saturated carbocycles. The van der Waals surface area contributed by atoms with Crippen LogP contribution in [0.1, 0.15) is 33.1 Å². The van der Waals surface area contributed by atoms with Crippen LogP contribution < -0.4 is 9.64 Å². The number of rotatable bonds is 9. The molecule has 0 aliphatic carbocycles. The van der Waals surface area contributed by atoms with Gasteiger partial charge in [-0.15, -0.1) is 22.5 Å². The van der Waals surface area contributed by atoms with Gasteiger partial charge in [0.2, 0.25) is 5.83 Å². The number of carboxylic acids is 1. The van der Waals surface area contributed by atoms with E-state index < -0.39 is 22.6 Å². The smallest absolute Gasteiger partial charge is 0.368 e. The highest BCUT2D eigenvalue weighted by atomic mass is 32.3. The molecule has 11 heteroatoms. The molecule has 1 atom stereocenters. The second kappa shape index (κ2) is 11.6. The predicted octanol–water partition coefficient (Wildman–Crippen LogP) is 6.88. The van der Waals surface area contributed by atoms with Gasteiger partial charge in [-0.3, -0.25) is 9.11 Å². The molecule has 35 heavy (non-hydrogen) atoms. The molecule has 1 heterocycles. The number of unbranched alkanes of at least 4 members (excludes halogenated alkanes) is 1. The Morgan fingerprint density at radius 2 is 1.94 bits per heavy atom. The third-order valence-electron chi connectivity index (χ3n) is 5.74. The van der Waals surface area contributed by atoms with Crippen molar-refractivity contribution in [2.24, 2.45) is 0 Å². The van der Waals surface area contributed by atoms with Gasteiger partial charge in [-0.05, 0) is 42.5 Å². The van der Waals surface area contributed by atoms with Crippen LogP contribution in [0.4, 0.5) is 20.2 Å². The minimum absolute atomic E-state index is 0.103. The minimum atomic E-state index is -3.50. The summed E-state index contributed by atoms with van der Waals surface area (Å²) in [4.78, 5) is 13.5. The number of aliphatic carboxylic acids is 1. The number of likely N-dealkylation sites (N-methyl/N-ethyl adjacent to an activating group) is 1. The van der Waals surface area contributed by atoms with Crippen molar-refractivity contribution >= 4 is 39.9 Å². The third-order valence-corrected chi connectivity index (χ3v) is 8.68. The Morgan fingerprint density at radius 1 is 1.26 bits per heavy atom. The van der Waals surface area contributed by atoms with Gasteiger partial charge in [0.05, 0.1) is 10.6 Å². The number of halogens is 2. The van der Waals surface area contributed by atoms with Crippen LogP contribution in [0.25, 0.3) is 0 Å². The summed E-state index contributed by atoms with van der Waals surface area (Å²) < 4.78 is 57.0. The zero-order valence-electron chi connectivity index (χ0n) is 19.8. The standard InChI is InChI=1S/C24H30F2N2O5S2/c1-4-6-7-18-14-28(17-10-8-16(25)9-11-17)20-12-22(34-5-2)21(33-15-19(26)24(29)30)13-23(20)35(31,32)27(18)3/h8-13,15,18,31-32H,4-7,14H2,1-3H3,(H,29,30)/b19-15-/t18-/m1/s1. The van der Waals surface area contributed by atoms with Crippen molar-refractivity contribution in [3.8, 4) is 5.75 Å². The second-order valence-electron chi connectivity index (χ2n) is 8.04. The van der Waals surface area contributed by atoms with Crippen LogP contribution in [0.3, 0.4) is 0 Å². The molecule has 1 aliphatic heterocycles. The molecule has 0 aromatic heterocycles. The van der Waals surface area contributed by atoms with Gasteiger partial charge < -0.3 is 14.7 Å². The first kappa shape index (κ1) is 27.3. The maximum atomic E-state index is 13.7. The SMILES string of the molecule is CCCC[C@@H]1CN(c2ccc(F)cc2)c2cc(SCC)c(O/C=C(\F)C(=O)O)cc2S(O)(O)N1C. The Balaban J connectivity index is 2.22. The lowest BCUT2D eigenvalue weighted by Gasteiger charge is -2.43. The van der Waals surface area contributed by atoms with E-state index in [9.17, 15) is 22.7 Å². The molecule has 0 radical (unpaired) electrons. The van der Waals surface area contributed by atoms with Crippen LogP contribution in [0.15, 0.2) is 58.3 Å². The van der Waals surface area contributed by atoms with Crippen molar-refractivity contribution in [3.05, 3.63) is 54.3 Å². The van der Waals surface area contributed by atoms with E-state index >= 15 is 0 Å². The van der Waals surface area contributed by atoms with Gasteiger partial charge >= 0.3 is 5.97 Å². The molecule has 192 valence electrons. The van der Waals surface area contributed by atoms with E-state index in [0.29, 0.717) is 41.3 Å². The number of hydrogen-bond donors (Lipinski definition) is 3. The Labute approximate surface area is 209 Å². The molecule has 2 aromatic rings. The van der Waals surface area contributed by atoms with Crippen LogP contribution in [0.2, 0.25) is 0 Å². The number of anilines is 2. The molecule has 0 unspecified atom stereocenters. The van der Waals surface area contributed by atoms with Gasteiger partial charge in [-0.25, -0.2) is 13.5 Å². The number of benzene rings is 2. The predicted molar refractivity (Wildman–Crippen MR) is 136 cm³/mol. The van der Waals surface area contributed by atoms with Gasteiger partial charge in [-0.1, -0.05) is 26.7 Å². The van der Waals surface area contributed by atoms with Crippen LogP contribution in [0, 0.1) is 5.82 Å². The van der Waals surface area contributed by atoms with E-state index in [4.69, 9.17) is 9.84 Å². The lowest BCUT2D eigenvalue weighted by atomic mass is 10.1. The fourth-order valence-corrected chi connectivity index (χ4v) is 6.22. The molecule has 2 aromatic carbocycles. The average molecular weight is 529 g/mol. The molecule has 0 bridgehead atoms. The fraction of sp³-hybridized carbons (Fsp3) is 0.375. The summed E-state index contributed by atoms with van der Waals surface area (Å²) in [6.07, 6.45) is 3.01. The van der Waals surface area contributed by atoms with Crippen molar-refractivity contribution in [2.45, 2.75) is 48.9 Å². The highest BCUT2D eigenvalue weighted by Gasteiger charge is 2.38. The zero-order valence-corrected chi connectivity index (χ0v) is 21.4. The highest BCUT2D eigenvalue weighted by molar-refractivity contribution is 8.22. The van der Waals surface area contributed by atoms with Crippen molar-refractivity contribution in [3.63, 3.8) is 0 Å². The number of nitrogens with zero attached hydrogens (tertiary/aromatic N) is 2.